The molecule has 0 bridgehead atoms. The number of aryl methyl sites for hydroxylation is 1. The maximum Gasteiger partial charge on any atom is 0.252 e. The Labute approximate surface area is 192 Å². The number of carbonyl (C=O) groups excluding carboxylic acids is 1. The molecule has 2 aromatic heterocycles. The molecule has 32 heavy (non-hydrogen) atoms. The molecular formula is C24H27ClN4O3. The number of imidazole rings is 1. The number of nitrogens with zero attached hydrogens (tertiary/aromatic N) is 3. The van der Waals surface area contributed by atoms with Crippen molar-refractivity contribution in [1.82, 2.24) is 19.9 Å². The van der Waals surface area contributed by atoms with Crippen molar-refractivity contribution in [3.8, 4) is 17.0 Å². The van der Waals surface area contributed by atoms with Gasteiger partial charge in [0, 0.05) is 48.7 Å². The van der Waals surface area contributed by atoms with Crippen molar-refractivity contribution in [2.45, 2.75) is 38.4 Å². The van der Waals surface area contributed by atoms with E-state index in [1.807, 2.05) is 29.9 Å². The van der Waals surface area contributed by atoms with Crippen LogP contribution >= 0.6 is 11.6 Å². The molecule has 8 heteroatoms. The summed E-state index contributed by atoms with van der Waals surface area (Å²) in [5, 5.41) is 13.7. The fourth-order valence-corrected chi connectivity index (χ4v) is 4.07. The van der Waals surface area contributed by atoms with E-state index in [0.717, 1.165) is 37.1 Å². The van der Waals surface area contributed by atoms with Crippen LogP contribution < -0.4 is 10.1 Å². The lowest BCUT2D eigenvalue weighted by atomic mass is 9.86. The quantitative estimate of drug-likeness (QED) is 0.563. The van der Waals surface area contributed by atoms with E-state index >= 15 is 0 Å². The van der Waals surface area contributed by atoms with Gasteiger partial charge in [0.15, 0.2) is 0 Å². The molecular weight excluding hydrogens is 428 g/mol. The normalized spacial score (nSPS) is 18.3. The van der Waals surface area contributed by atoms with Gasteiger partial charge in [-0.05, 0) is 36.6 Å². The van der Waals surface area contributed by atoms with Crippen molar-refractivity contribution in [1.29, 1.82) is 0 Å². The lowest BCUT2D eigenvalue weighted by Gasteiger charge is -2.27. The molecule has 3 aromatic rings. The predicted octanol–water partition coefficient (Wildman–Crippen LogP) is 4.00. The van der Waals surface area contributed by atoms with Gasteiger partial charge in [0.2, 0.25) is 5.88 Å². The number of aliphatic hydroxyl groups excluding tert-OH is 1. The Morgan fingerprint density at radius 2 is 2.03 bits per heavy atom. The molecule has 0 spiro atoms. The number of nitrogens with one attached hydrogen (secondary N) is 1. The van der Waals surface area contributed by atoms with Gasteiger partial charge in [-0.25, -0.2) is 9.97 Å². The van der Waals surface area contributed by atoms with Gasteiger partial charge in [-0.2, -0.15) is 0 Å². The number of ether oxygens (including phenoxy) is 1. The second-order valence-corrected chi connectivity index (χ2v) is 8.58. The summed E-state index contributed by atoms with van der Waals surface area (Å²) in [6.45, 7) is 0.704. The molecule has 7 nitrogen and oxygen atoms in total. The van der Waals surface area contributed by atoms with Crippen molar-refractivity contribution in [2.24, 2.45) is 13.0 Å². The summed E-state index contributed by atoms with van der Waals surface area (Å²) in [6, 6.07) is 9.09. The molecule has 168 valence electrons. The monoisotopic (exact) mass is 454 g/mol. The molecule has 0 unspecified atom stereocenters. The first-order valence-corrected chi connectivity index (χ1v) is 11.2. The van der Waals surface area contributed by atoms with Gasteiger partial charge in [-0.15, -0.1) is 0 Å². The fraction of sp³-hybridized carbons (Fsp3) is 0.375. The second kappa shape index (κ2) is 10.1. The van der Waals surface area contributed by atoms with Gasteiger partial charge in [0.05, 0.1) is 11.7 Å². The largest absolute Gasteiger partial charge is 0.469 e. The summed E-state index contributed by atoms with van der Waals surface area (Å²) >= 11 is 6.05. The number of aliphatic hydroxyl groups is 1. The topological polar surface area (TPSA) is 89.3 Å². The van der Waals surface area contributed by atoms with Crippen LogP contribution in [0.2, 0.25) is 5.02 Å². The summed E-state index contributed by atoms with van der Waals surface area (Å²) in [5.74, 6) is 1.05. The summed E-state index contributed by atoms with van der Waals surface area (Å²) in [6.07, 6.45) is 8.57. The summed E-state index contributed by atoms with van der Waals surface area (Å²) in [5.41, 5.74) is 1.97. The van der Waals surface area contributed by atoms with E-state index in [-0.39, 0.29) is 24.5 Å². The Morgan fingerprint density at radius 3 is 2.75 bits per heavy atom. The molecule has 1 amide bonds. The van der Waals surface area contributed by atoms with Crippen LogP contribution in [-0.2, 0) is 13.7 Å². The Kier molecular flexibility index (Phi) is 7.07. The van der Waals surface area contributed by atoms with Gasteiger partial charge >= 0.3 is 0 Å². The van der Waals surface area contributed by atoms with Crippen LogP contribution in [0.25, 0.3) is 11.1 Å². The van der Waals surface area contributed by atoms with Gasteiger partial charge < -0.3 is 19.7 Å². The van der Waals surface area contributed by atoms with Crippen LogP contribution in [0, 0.1) is 5.92 Å². The highest BCUT2D eigenvalue weighted by Crippen LogP contribution is 2.31. The molecule has 2 atom stereocenters. The Bertz CT molecular complexity index is 1070. The maximum atomic E-state index is 12.8. The first-order valence-electron chi connectivity index (χ1n) is 10.8. The molecule has 2 heterocycles. The first kappa shape index (κ1) is 22.3. The van der Waals surface area contributed by atoms with E-state index in [2.05, 4.69) is 15.3 Å². The molecule has 1 fully saturated rings. The Hall–Kier alpha value is -2.90. The smallest absolute Gasteiger partial charge is 0.252 e. The average molecular weight is 455 g/mol. The minimum absolute atomic E-state index is 0.0942. The van der Waals surface area contributed by atoms with E-state index in [1.54, 1.807) is 24.4 Å². The van der Waals surface area contributed by atoms with E-state index in [1.165, 1.54) is 6.20 Å². The summed E-state index contributed by atoms with van der Waals surface area (Å²) in [4.78, 5) is 21.5. The minimum atomic E-state index is -0.353. The highest BCUT2D eigenvalue weighted by molar-refractivity contribution is 6.30. The zero-order valence-corrected chi connectivity index (χ0v) is 18.8. The number of hydrogen-bond acceptors (Lipinski definition) is 5. The van der Waals surface area contributed by atoms with Gasteiger partial charge in [0.1, 0.15) is 12.4 Å². The zero-order valence-electron chi connectivity index (χ0n) is 18.0. The number of carbonyl (C=O) groups is 1. The second-order valence-electron chi connectivity index (χ2n) is 8.15. The number of amides is 1. The van der Waals surface area contributed by atoms with Crippen molar-refractivity contribution in [3.63, 3.8) is 0 Å². The average Bonchev–Trinajstić information content (AvgIpc) is 3.22. The summed E-state index contributed by atoms with van der Waals surface area (Å²) in [7, 11) is 1.90. The highest BCUT2D eigenvalue weighted by Gasteiger charge is 2.24. The number of rotatable bonds is 7. The lowest BCUT2D eigenvalue weighted by Crippen LogP contribution is -2.36. The van der Waals surface area contributed by atoms with E-state index in [0.29, 0.717) is 28.6 Å². The van der Waals surface area contributed by atoms with Crippen molar-refractivity contribution < 1.29 is 14.6 Å². The molecule has 1 aromatic carbocycles. The Balaban J connectivity index is 1.54. The van der Waals surface area contributed by atoms with Crippen LogP contribution in [0.3, 0.4) is 0 Å². The fourth-order valence-electron chi connectivity index (χ4n) is 3.95. The number of benzene rings is 1. The van der Waals surface area contributed by atoms with Gasteiger partial charge in [-0.3, -0.25) is 4.79 Å². The van der Waals surface area contributed by atoms with Crippen molar-refractivity contribution >= 4 is 17.5 Å². The third-order valence-electron chi connectivity index (χ3n) is 5.92. The van der Waals surface area contributed by atoms with Gasteiger partial charge in [-0.1, -0.05) is 36.6 Å². The van der Waals surface area contributed by atoms with Crippen molar-refractivity contribution in [2.75, 3.05) is 6.54 Å². The van der Waals surface area contributed by atoms with Crippen LogP contribution in [0.5, 0.6) is 5.88 Å². The van der Waals surface area contributed by atoms with Crippen LogP contribution in [0.15, 0.2) is 48.9 Å². The molecule has 0 saturated heterocycles. The molecule has 1 aliphatic carbocycles. The molecule has 0 aliphatic heterocycles. The van der Waals surface area contributed by atoms with Crippen LogP contribution in [0.1, 0.15) is 41.9 Å². The summed E-state index contributed by atoms with van der Waals surface area (Å²) < 4.78 is 7.84. The van der Waals surface area contributed by atoms with E-state index < -0.39 is 0 Å². The third-order valence-corrected chi connectivity index (χ3v) is 6.17. The molecule has 0 radical (unpaired) electrons. The molecule has 4 rings (SSSR count). The molecule has 2 N–H and O–H groups in total. The molecule has 1 aliphatic rings. The van der Waals surface area contributed by atoms with E-state index in [4.69, 9.17) is 16.3 Å². The van der Waals surface area contributed by atoms with Crippen molar-refractivity contribution in [3.05, 3.63) is 65.3 Å². The zero-order chi connectivity index (χ0) is 22.5. The van der Waals surface area contributed by atoms with Gasteiger partial charge in [0.25, 0.3) is 5.91 Å². The Morgan fingerprint density at radius 1 is 1.25 bits per heavy atom. The third kappa shape index (κ3) is 5.29. The number of hydrogen-bond donors (Lipinski definition) is 2. The SMILES string of the molecule is Cn1ccnc1COc1ncc(C(=O)NC[C@@H]2CCCC[C@@H]2O)cc1-c1ccc(Cl)cc1. The number of halogens is 1. The highest BCUT2D eigenvalue weighted by atomic mass is 35.5. The maximum absolute atomic E-state index is 12.8. The first-order chi connectivity index (χ1) is 15.5. The number of aromatic nitrogens is 3. The number of pyridine rings is 1. The predicted molar refractivity (Wildman–Crippen MR) is 123 cm³/mol. The lowest BCUT2D eigenvalue weighted by molar-refractivity contribution is 0.0663. The standard InChI is InChI=1S/C24H27ClN4O3/c1-29-11-10-26-22(29)15-32-24-20(16-6-8-19(25)9-7-16)12-18(14-28-24)23(31)27-13-17-4-2-3-5-21(17)30/h6-12,14,17,21,30H,2-5,13,15H2,1H3,(H,27,31)/t17-,21-/m0/s1. The minimum Gasteiger partial charge on any atom is -0.469 e. The van der Waals surface area contributed by atoms with E-state index in [9.17, 15) is 9.90 Å². The van der Waals surface area contributed by atoms with Crippen LogP contribution in [0.4, 0.5) is 0 Å². The van der Waals surface area contributed by atoms with Crippen LogP contribution in [-0.4, -0.2) is 38.2 Å². The molecule has 1 saturated carbocycles.